The predicted molar refractivity (Wildman–Crippen MR) is 102 cm³/mol. The van der Waals surface area contributed by atoms with Crippen molar-refractivity contribution in [3.63, 3.8) is 0 Å². The fourth-order valence-electron chi connectivity index (χ4n) is 2.78. The predicted octanol–water partition coefficient (Wildman–Crippen LogP) is 2.86. The van der Waals surface area contributed by atoms with Gasteiger partial charge in [-0.15, -0.1) is 22.6 Å². The highest BCUT2D eigenvalue weighted by Crippen LogP contribution is 2.26. The maximum absolute atomic E-state index is 5.82. The molecule has 0 spiro atoms. The molecule has 1 saturated heterocycles. The molecule has 1 aliphatic heterocycles. The third-order valence-corrected chi connectivity index (χ3v) is 5.13. The normalized spacial score (nSPS) is 17.1. The van der Waals surface area contributed by atoms with E-state index in [9.17, 15) is 0 Å². The minimum atomic E-state index is 0. The molecular weight excluding hydrogens is 360 g/mol. The monoisotopic (exact) mass is 384 g/mol. The van der Waals surface area contributed by atoms with Crippen LogP contribution in [0.3, 0.4) is 0 Å². The number of halogens is 1. The molecule has 0 radical (unpaired) electrons. The Labute approximate surface area is 158 Å². The van der Waals surface area contributed by atoms with Crippen molar-refractivity contribution in [1.29, 1.82) is 0 Å². The summed E-state index contributed by atoms with van der Waals surface area (Å²) in [5, 5.41) is 9.59. The van der Waals surface area contributed by atoms with E-state index in [1.54, 1.807) is 18.9 Å². The highest BCUT2D eigenvalue weighted by molar-refractivity contribution is 7.99. The molecule has 1 aromatic carbocycles. The van der Waals surface area contributed by atoms with Crippen LogP contribution in [0, 0.1) is 0 Å². The first-order valence-corrected chi connectivity index (χ1v) is 9.33. The average molecular weight is 385 g/mol. The summed E-state index contributed by atoms with van der Waals surface area (Å²) in [6.45, 7) is 1.42. The van der Waals surface area contributed by atoms with Crippen molar-refractivity contribution in [2.75, 3.05) is 26.0 Å². The molecule has 1 atom stereocenters. The van der Waals surface area contributed by atoms with Gasteiger partial charge in [0.1, 0.15) is 11.6 Å². The van der Waals surface area contributed by atoms with Gasteiger partial charge >= 0.3 is 0 Å². The lowest BCUT2D eigenvalue weighted by Crippen LogP contribution is -2.21. The van der Waals surface area contributed by atoms with Gasteiger partial charge in [0.2, 0.25) is 0 Å². The number of methoxy groups -OCH3 is 1. The molecule has 1 aliphatic rings. The second-order valence-electron chi connectivity index (χ2n) is 5.77. The Morgan fingerprint density at radius 1 is 1.28 bits per heavy atom. The molecule has 25 heavy (non-hydrogen) atoms. The SMILES string of the molecule is COc1ccc(-n2c(CCN)nnc2SCC2CCCCO2)cc1.Cl. The lowest BCUT2D eigenvalue weighted by atomic mass is 10.1. The van der Waals surface area contributed by atoms with Crippen LogP contribution >= 0.6 is 24.2 Å². The average Bonchev–Trinajstić information content (AvgIpc) is 3.04. The highest BCUT2D eigenvalue weighted by Gasteiger charge is 2.18. The Morgan fingerprint density at radius 2 is 2.08 bits per heavy atom. The van der Waals surface area contributed by atoms with E-state index in [2.05, 4.69) is 14.8 Å². The van der Waals surface area contributed by atoms with Gasteiger partial charge in [0.15, 0.2) is 5.16 Å². The molecule has 2 heterocycles. The van der Waals surface area contributed by atoms with Crippen LogP contribution in [0.25, 0.3) is 5.69 Å². The maximum Gasteiger partial charge on any atom is 0.195 e. The lowest BCUT2D eigenvalue weighted by molar-refractivity contribution is 0.0315. The van der Waals surface area contributed by atoms with Crippen LogP contribution in [0.1, 0.15) is 25.1 Å². The van der Waals surface area contributed by atoms with Gasteiger partial charge in [-0.3, -0.25) is 4.57 Å². The number of nitrogens with two attached hydrogens (primary N) is 1. The summed E-state index contributed by atoms with van der Waals surface area (Å²) in [4.78, 5) is 0. The minimum Gasteiger partial charge on any atom is -0.497 e. The van der Waals surface area contributed by atoms with Crippen LogP contribution in [-0.2, 0) is 11.2 Å². The molecule has 2 aromatic rings. The fourth-order valence-corrected chi connectivity index (χ4v) is 3.82. The molecule has 3 rings (SSSR count). The van der Waals surface area contributed by atoms with Crippen LogP contribution in [0.4, 0.5) is 0 Å². The molecule has 8 heteroatoms. The van der Waals surface area contributed by atoms with Crippen LogP contribution in [0.15, 0.2) is 29.4 Å². The number of benzene rings is 1. The summed E-state index contributed by atoms with van der Waals surface area (Å²) < 4.78 is 13.1. The molecule has 0 aliphatic carbocycles. The molecular formula is C17H25ClN4O2S. The van der Waals surface area contributed by atoms with Gasteiger partial charge in [-0.1, -0.05) is 11.8 Å². The maximum atomic E-state index is 5.82. The fraction of sp³-hybridized carbons (Fsp3) is 0.529. The molecule has 0 amide bonds. The summed E-state index contributed by atoms with van der Waals surface area (Å²) in [5.41, 5.74) is 6.75. The zero-order valence-electron chi connectivity index (χ0n) is 14.4. The van der Waals surface area contributed by atoms with E-state index in [1.807, 2.05) is 24.3 Å². The van der Waals surface area contributed by atoms with E-state index in [-0.39, 0.29) is 12.4 Å². The molecule has 0 saturated carbocycles. The number of thioether (sulfide) groups is 1. The Kier molecular flexibility index (Phi) is 8.02. The minimum absolute atomic E-state index is 0. The molecule has 0 bridgehead atoms. The van der Waals surface area contributed by atoms with Gasteiger partial charge in [0.05, 0.1) is 13.2 Å². The van der Waals surface area contributed by atoms with Crippen molar-refractivity contribution in [2.45, 2.75) is 36.9 Å². The van der Waals surface area contributed by atoms with Crippen molar-refractivity contribution in [1.82, 2.24) is 14.8 Å². The van der Waals surface area contributed by atoms with Crippen LogP contribution in [0.5, 0.6) is 5.75 Å². The largest absolute Gasteiger partial charge is 0.497 e. The van der Waals surface area contributed by atoms with Crippen LogP contribution in [0.2, 0.25) is 0 Å². The van der Waals surface area contributed by atoms with Gasteiger partial charge in [-0.05, 0) is 50.1 Å². The second-order valence-corrected chi connectivity index (χ2v) is 6.76. The van der Waals surface area contributed by atoms with Gasteiger partial charge in [0.25, 0.3) is 0 Å². The molecule has 138 valence electrons. The molecule has 6 nitrogen and oxygen atoms in total. The van der Waals surface area contributed by atoms with E-state index >= 15 is 0 Å². The number of rotatable bonds is 7. The summed E-state index contributed by atoms with van der Waals surface area (Å²) >= 11 is 1.70. The summed E-state index contributed by atoms with van der Waals surface area (Å²) in [6.07, 6.45) is 4.54. The Bertz CT molecular complexity index is 645. The third kappa shape index (κ3) is 5.10. The Hall–Kier alpha value is -1.28. The van der Waals surface area contributed by atoms with Crippen molar-refractivity contribution in [2.24, 2.45) is 5.73 Å². The standard InChI is InChI=1S/C17H24N4O2S.ClH/c1-22-14-7-5-13(6-8-14)21-16(9-10-18)19-20-17(21)24-12-15-4-2-3-11-23-15;/h5-8,15H,2-4,9-12,18H2,1H3;1H. The van der Waals surface area contributed by atoms with Crippen molar-refractivity contribution >= 4 is 24.2 Å². The van der Waals surface area contributed by atoms with Crippen molar-refractivity contribution in [3.8, 4) is 11.4 Å². The first kappa shape index (κ1) is 20.0. The van der Waals surface area contributed by atoms with E-state index < -0.39 is 0 Å². The van der Waals surface area contributed by atoms with Gasteiger partial charge in [-0.25, -0.2) is 0 Å². The van der Waals surface area contributed by atoms with E-state index in [1.165, 1.54) is 12.8 Å². The molecule has 1 aromatic heterocycles. The highest BCUT2D eigenvalue weighted by atomic mass is 35.5. The summed E-state index contributed by atoms with van der Waals surface area (Å²) in [5.74, 6) is 2.61. The van der Waals surface area contributed by atoms with Crippen LogP contribution in [-0.4, -0.2) is 46.9 Å². The number of ether oxygens (including phenoxy) is 2. The number of hydrogen-bond acceptors (Lipinski definition) is 6. The first-order valence-electron chi connectivity index (χ1n) is 8.35. The molecule has 1 fully saturated rings. The smallest absolute Gasteiger partial charge is 0.195 e. The number of aromatic nitrogens is 3. The third-order valence-electron chi connectivity index (χ3n) is 4.07. The van der Waals surface area contributed by atoms with E-state index in [4.69, 9.17) is 15.2 Å². The van der Waals surface area contributed by atoms with Gasteiger partial charge in [0, 0.05) is 24.5 Å². The summed E-state index contributed by atoms with van der Waals surface area (Å²) in [7, 11) is 1.67. The van der Waals surface area contributed by atoms with Gasteiger partial charge in [-0.2, -0.15) is 0 Å². The Balaban J connectivity index is 0.00000225. The topological polar surface area (TPSA) is 75.2 Å². The second kappa shape index (κ2) is 10.0. The lowest BCUT2D eigenvalue weighted by Gasteiger charge is -2.22. The summed E-state index contributed by atoms with van der Waals surface area (Å²) in [6, 6.07) is 7.92. The van der Waals surface area contributed by atoms with Crippen molar-refractivity contribution in [3.05, 3.63) is 30.1 Å². The zero-order chi connectivity index (χ0) is 16.8. The first-order chi connectivity index (χ1) is 11.8. The van der Waals surface area contributed by atoms with Crippen molar-refractivity contribution < 1.29 is 9.47 Å². The quantitative estimate of drug-likeness (QED) is 0.740. The molecule has 1 unspecified atom stereocenters. The number of hydrogen-bond donors (Lipinski definition) is 1. The zero-order valence-corrected chi connectivity index (χ0v) is 16.0. The van der Waals surface area contributed by atoms with E-state index in [0.29, 0.717) is 19.1 Å². The molecule has 2 N–H and O–H groups in total. The van der Waals surface area contributed by atoms with Gasteiger partial charge < -0.3 is 15.2 Å². The van der Waals surface area contributed by atoms with E-state index in [0.717, 1.165) is 41.2 Å². The number of nitrogens with zero attached hydrogens (tertiary/aromatic N) is 3. The Morgan fingerprint density at radius 3 is 2.72 bits per heavy atom. The van der Waals surface area contributed by atoms with Crippen LogP contribution < -0.4 is 10.5 Å².